The van der Waals surface area contributed by atoms with Gasteiger partial charge >= 0.3 is 0 Å². The van der Waals surface area contributed by atoms with Crippen molar-refractivity contribution in [3.63, 3.8) is 0 Å². The van der Waals surface area contributed by atoms with E-state index in [1.54, 1.807) is 0 Å². The van der Waals surface area contributed by atoms with Crippen molar-refractivity contribution < 1.29 is 0 Å². The number of allylic oxidation sites excluding steroid dienone is 2. The normalized spacial score (nSPS) is 14.0. The largest absolute Gasteiger partial charge is 0.363 e. The second-order valence-electron chi connectivity index (χ2n) is 6.35. The smallest absolute Gasteiger partial charge is 0.128 e. The van der Waals surface area contributed by atoms with Crippen LogP contribution in [0.15, 0.2) is 60.8 Å². The third-order valence-electron chi connectivity index (χ3n) is 4.45. The maximum atomic E-state index is 4.82. The van der Waals surface area contributed by atoms with Gasteiger partial charge in [-0.15, -0.1) is 0 Å². The molecule has 126 valence electrons. The highest BCUT2D eigenvalue weighted by molar-refractivity contribution is 5.96. The van der Waals surface area contributed by atoms with E-state index in [2.05, 4.69) is 58.6 Å². The van der Waals surface area contributed by atoms with Gasteiger partial charge in [0.05, 0.1) is 28.8 Å². The Morgan fingerprint density at radius 2 is 1.92 bits per heavy atom. The molecule has 3 heterocycles. The predicted octanol–water partition coefficient (Wildman–Crippen LogP) is 3.45. The van der Waals surface area contributed by atoms with E-state index in [0.29, 0.717) is 0 Å². The van der Waals surface area contributed by atoms with Gasteiger partial charge < -0.3 is 9.80 Å². The van der Waals surface area contributed by atoms with E-state index in [-0.39, 0.29) is 0 Å². The summed E-state index contributed by atoms with van der Waals surface area (Å²) in [6, 6.07) is 12.5. The molecule has 2 aromatic heterocycles. The Morgan fingerprint density at radius 3 is 2.76 bits per heavy atom. The van der Waals surface area contributed by atoms with Crippen molar-refractivity contribution in [3.8, 4) is 0 Å². The molecule has 0 bridgehead atoms. The molecule has 1 aromatic carbocycles. The Bertz CT molecular complexity index is 981. The molecule has 0 radical (unpaired) electrons. The summed E-state index contributed by atoms with van der Waals surface area (Å²) in [4.78, 5) is 9.14. The van der Waals surface area contributed by atoms with Crippen LogP contribution < -0.4 is 9.80 Å². The van der Waals surface area contributed by atoms with Gasteiger partial charge in [0.25, 0.3) is 0 Å². The van der Waals surface area contributed by atoms with Gasteiger partial charge in [-0.3, -0.25) is 4.68 Å². The van der Waals surface area contributed by atoms with E-state index in [1.165, 1.54) is 0 Å². The summed E-state index contributed by atoms with van der Waals surface area (Å²) >= 11 is 0. The third-order valence-corrected chi connectivity index (χ3v) is 4.45. The lowest BCUT2D eigenvalue weighted by Gasteiger charge is -2.29. The molecule has 0 unspecified atom stereocenters. The minimum absolute atomic E-state index is 0.810. The molecule has 1 aliphatic heterocycles. The number of hydrogen-bond donors (Lipinski definition) is 0. The lowest BCUT2D eigenvalue weighted by atomic mass is 10.1. The number of pyridine rings is 1. The lowest BCUT2D eigenvalue weighted by Crippen LogP contribution is -2.25. The number of anilines is 2. The summed E-state index contributed by atoms with van der Waals surface area (Å²) < 4.78 is 1.93. The molecule has 5 nitrogen and oxygen atoms in total. The van der Waals surface area contributed by atoms with Gasteiger partial charge in [-0.2, -0.15) is 5.10 Å². The molecule has 0 N–H and O–H groups in total. The number of nitrogens with zero attached hydrogens (tertiary/aromatic N) is 5. The predicted molar refractivity (Wildman–Crippen MR) is 104 cm³/mol. The van der Waals surface area contributed by atoms with Crippen LogP contribution in [0.4, 0.5) is 11.5 Å². The van der Waals surface area contributed by atoms with E-state index >= 15 is 0 Å². The maximum Gasteiger partial charge on any atom is 0.128 e. The van der Waals surface area contributed by atoms with Crippen LogP contribution in [0.1, 0.15) is 5.69 Å². The van der Waals surface area contributed by atoms with Crippen LogP contribution >= 0.6 is 0 Å². The zero-order chi connectivity index (χ0) is 17.4. The molecule has 0 amide bonds. The zero-order valence-electron chi connectivity index (χ0n) is 14.7. The molecule has 0 saturated heterocycles. The van der Waals surface area contributed by atoms with Crippen molar-refractivity contribution in [3.05, 3.63) is 66.5 Å². The highest BCUT2D eigenvalue weighted by Crippen LogP contribution is 2.33. The summed E-state index contributed by atoms with van der Waals surface area (Å²) in [5.74, 6) is 0.951. The fourth-order valence-electron chi connectivity index (χ4n) is 3.21. The molecule has 0 atom stereocenters. The van der Waals surface area contributed by atoms with Crippen LogP contribution in [0.3, 0.4) is 0 Å². The van der Waals surface area contributed by atoms with Gasteiger partial charge in [-0.1, -0.05) is 30.4 Å². The third kappa shape index (κ3) is 2.67. The molecule has 25 heavy (non-hydrogen) atoms. The molecule has 4 rings (SSSR count). The van der Waals surface area contributed by atoms with Crippen LogP contribution in [-0.4, -0.2) is 35.4 Å². The average Bonchev–Trinajstić information content (AvgIpc) is 3.03. The zero-order valence-corrected chi connectivity index (χ0v) is 14.7. The van der Waals surface area contributed by atoms with Crippen LogP contribution in [0.2, 0.25) is 0 Å². The number of aromatic nitrogens is 3. The number of para-hydroxylation sites is 1. The summed E-state index contributed by atoms with van der Waals surface area (Å²) in [5, 5.41) is 5.56. The van der Waals surface area contributed by atoms with E-state index in [4.69, 9.17) is 4.98 Å². The van der Waals surface area contributed by atoms with Crippen LogP contribution in [0.5, 0.6) is 0 Å². The minimum Gasteiger partial charge on any atom is -0.363 e. The Balaban J connectivity index is 1.84. The molecule has 0 aliphatic carbocycles. The van der Waals surface area contributed by atoms with Gasteiger partial charge in [-0.25, -0.2) is 4.98 Å². The highest BCUT2D eigenvalue weighted by atomic mass is 15.3. The Hall–Kier alpha value is -3.08. The second kappa shape index (κ2) is 6.09. The molecular weight excluding hydrogens is 310 g/mol. The van der Waals surface area contributed by atoms with Crippen molar-refractivity contribution >= 4 is 28.1 Å². The molecular formula is C20H21N5. The second-order valence-corrected chi connectivity index (χ2v) is 6.35. The Morgan fingerprint density at radius 1 is 1.08 bits per heavy atom. The molecule has 0 saturated carbocycles. The van der Waals surface area contributed by atoms with Crippen molar-refractivity contribution in [1.29, 1.82) is 0 Å². The first-order valence-electron chi connectivity index (χ1n) is 8.35. The van der Waals surface area contributed by atoms with Gasteiger partial charge in [0.1, 0.15) is 5.82 Å². The first-order valence-corrected chi connectivity index (χ1v) is 8.35. The van der Waals surface area contributed by atoms with Crippen molar-refractivity contribution in [1.82, 2.24) is 14.8 Å². The van der Waals surface area contributed by atoms with E-state index in [1.807, 2.05) is 43.0 Å². The van der Waals surface area contributed by atoms with Crippen LogP contribution in [0.25, 0.3) is 16.6 Å². The molecule has 0 fully saturated rings. The van der Waals surface area contributed by atoms with Gasteiger partial charge in [0.2, 0.25) is 0 Å². The lowest BCUT2D eigenvalue weighted by molar-refractivity contribution is 0.795. The average molecular weight is 331 g/mol. The topological polar surface area (TPSA) is 37.2 Å². The fourth-order valence-corrected chi connectivity index (χ4v) is 3.21. The number of hydrogen-bond acceptors (Lipinski definition) is 4. The van der Waals surface area contributed by atoms with Crippen LogP contribution in [-0.2, 0) is 7.05 Å². The van der Waals surface area contributed by atoms with Crippen molar-refractivity contribution in [2.24, 2.45) is 7.05 Å². The molecule has 5 heteroatoms. The summed E-state index contributed by atoms with van der Waals surface area (Å²) in [5.41, 5.74) is 4.34. The monoisotopic (exact) mass is 331 g/mol. The maximum absolute atomic E-state index is 4.82. The number of aryl methyl sites for hydroxylation is 1. The van der Waals surface area contributed by atoms with Crippen LogP contribution in [0, 0.1) is 0 Å². The van der Waals surface area contributed by atoms with Crippen molar-refractivity contribution in [2.75, 3.05) is 30.4 Å². The van der Waals surface area contributed by atoms with E-state index in [0.717, 1.165) is 40.3 Å². The molecule has 1 aliphatic rings. The van der Waals surface area contributed by atoms with Gasteiger partial charge in [0, 0.05) is 33.1 Å². The van der Waals surface area contributed by atoms with E-state index in [9.17, 15) is 0 Å². The number of benzene rings is 1. The summed E-state index contributed by atoms with van der Waals surface area (Å²) in [6.07, 6.45) is 8.29. The van der Waals surface area contributed by atoms with Gasteiger partial charge in [0.15, 0.2) is 0 Å². The minimum atomic E-state index is 0.810. The standard InChI is InChI=1S/C20H21N5/c1-23(2)19-12-7-9-16(22-19)17-10-4-5-13-25(17)18-11-6-8-15-14-21-24(3)20(15)18/h4-12,14H,13H2,1-3H3. The van der Waals surface area contributed by atoms with Crippen molar-refractivity contribution in [2.45, 2.75) is 0 Å². The highest BCUT2D eigenvalue weighted by Gasteiger charge is 2.20. The first-order chi connectivity index (χ1) is 12.1. The summed E-state index contributed by atoms with van der Waals surface area (Å²) in [7, 11) is 6.00. The quantitative estimate of drug-likeness (QED) is 0.737. The SMILES string of the molecule is CN(C)c1cccc(C2=CC=CCN2c2cccc3cnn(C)c23)n1. The number of fused-ring (bicyclic) bond motifs is 1. The Kier molecular flexibility index (Phi) is 3.76. The fraction of sp³-hybridized carbons (Fsp3) is 0.200. The Labute approximate surface area is 147 Å². The number of rotatable bonds is 3. The molecule has 0 spiro atoms. The summed E-state index contributed by atoms with van der Waals surface area (Å²) in [6.45, 7) is 0.810. The molecule has 3 aromatic rings. The van der Waals surface area contributed by atoms with Gasteiger partial charge in [-0.05, 0) is 24.3 Å². The van der Waals surface area contributed by atoms with E-state index < -0.39 is 0 Å². The first kappa shape index (κ1) is 15.4.